The molecule has 0 spiro atoms. The molecule has 100 valence electrons. The molecule has 0 aromatic heterocycles. The van der Waals surface area contributed by atoms with Crippen molar-refractivity contribution >= 4 is 17.7 Å². The highest BCUT2D eigenvalue weighted by Gasteiger charge is 2.28. The number of carbonyl (C=O) groups is 1. The van der Waals surface area contributed by atoms with E-state index < -0.39 is 5.54 Å². The monoisotopic (exact) mass is 266 g/mol. The Morgan fingerprint density at radius 1 is 1.39 bits per heavy atom. The number of carbonyl (C=O) groups excluding carboxylic acids is 1. The van der Waals surface area contributed by atoms with Crippen LogP contribution in [0.25, 0.3) is 0 Å². The van der Waals surface area contributed by atoms with Gasteiger partial charge in [0.05, 0.1) is 5.54 Å². The molecule has 0 saturated heterocycles. The number of hydrogen-bond acceptors (Lipinski definition) is 3. The maximum atomic E-state index is 11.3. The zero-order chi connectivity index (χ0) is 13.8. The zero-order valence-electron chi connectivity index (χ0n) is 11.5. The van der Waals surface area contributed by atoms with Crippen LogP contribution < -0.4 is 11.1 Å². The zero-order valence-corrected chi connectivity index (χ0v) is 12.4. The van der Waals surface area contributed by atoms with Gasteiger partial charge in [-0.25, -0.2) is 0 Å². The number of nitrogens with two attached hydrogens (primary N) is 1. The van der Waals surface area contributed by atoms with E-state index in [0.29, 0.717) is 0 Å². The second kappa shape index (κ2) is 6.25. The second-order valence-electron chi connectivity index (χ2n) is 4.79. The number of primary amides is 1. The normalized spacial score (nSPS) is 14.2. The molecule has 1 rings (SSSR count). The SMILES string of the molecule is CNC(C)(CCSc1ccc(C)c(C)c1)C(N)=O. The predicted octanol–water partition coefficient (Wildman–Crippen LogP) is 2.25. The minimum atomic E-state index is -0.618. The van der Waals surface area contributed by atoms with Gasteiger partial charge in [-0.05, 0) is 57.5 Å². The Morgan fingerprint density at radius 3 is 2.56 bits per heavy atom. The molecule has 0 bridgehead atoms. The van der Waals surface area contributed by atoms with Gasteiger partial charge in [0, 0.05) is 10.6 Å². The van der Waals surface area contributed by atoms with Crippen molar-refractivity contribution in [1.82, 2.24) is 5.32 Å². The van der Waals surface area contributed by atoms with Crippen LogP contribution in [-0.4, -0.2) is 24.2 Å². The van der Waals surface area contributed by atoms with Crippen LogP contribution in [0.3, 0.4) is 0 Å². The molecule has 4 heteroatoms. The maximum Gasteiger partial charge on any atom is 0.237 e. The van der Waals surface area contributed by atoms with E-state index >= 15 is 0 Å². The van der Waals surface area contributed by atoms with Crippen molar-refractivity contribution in [2.24, 2.45) is 5.73 Å². The number of hydrogen-bond donors (Lipinski definition) is 2. The lowest BCUT2D eigenvalue weighted by Crippen LogP contribution is -2.51. The van der Waals surface area contributed by atoms with Crippen molar-refractivity contribution in [3.8, 4) is 0 Å². The summed E-state index contributed by atoms with van der Waals surface area (Å²) >= 11 is 1.76. The van der Waals surface area contributed by atoms with Crippen molar-refractivity contribution in [2.75, 3.05) is 12.8 Å². The van der Waals surface area contributed by atoms with Gasteiger partial charge in [-0.2, -0.15) is 0 Å². The Balaban J connectivity index is 2.56. The average molecular weight is 266 g/mol. The summed E-state index contributed by atoms with van der Waals surface area (Å²) in [6.07, 6.45) is 0.719. The van der Waals surface area contributed by atoms with Crippen LogP contribution in [0.2, 0.25) is 0 Å². The van der Waals surface area contributed by atoms with E-state index in [4.69, 9.17) is 5.73 Å². The summed E-state index contributed by atoms with van der Waals surface area (Å²) in [4.78, 5) is 12.6. The quantitative estimate of drug-likeness (QED) is 0.777. The van der Waals surface area contributed by atoms with E-state index in [1.807, 2.05) is 6.92 Å². The molecule has 1 aromatic rings. The highest BCUT2D eigenvalue weighted by Crippen LogP contribution is 2.23. The van der Waals surface area contributed by atoms with E-state index in [2.05, 4.69) is 37.4 Å². The first-order valence-corrected chi connectivity index (χ1v) is 7.06. The van der Waals surface area contributed by atoms with Gasteiger partial charge in [0.15, 0.2) is 0 Å². The summed E-state index contributed by atoms with van der Waals surface area (Å²) in [5.74, 6) is 0.564. The lowest BCUT2D eigenvalue weighted by atomic mass is 9.99. The molecule has 3 nitrogen and oxygen atoms in total. The third kappa shape index (κ3) is 3.75. The number of thioether (sulfide) groups is 1. The maximum absolute atomic E-state index is 11.3. The highest BCUT2D eigenvalue weighted by atomic mass is 32.2. The molecule has 1 aromatic carbocycles. The largest absolute Gasteiger partial charge is 0.368 e. The van der Waals surface area contributed by atoms with Gasteiger partial charge in [0.2, 0.25) is 5.91 Å². The standard InChI is InChI=1S/C14H22N2OS/c1-10-5-6-12(9-11(10)2)18-8-7-14(3,16-4)13(15)17/h5-6,9,16H,7-8H2,1-4H3,(H2,15,17). The van der Waals surface area contributed by atoms with Crippen molar-refractivity contribution in [2.45, 2.75) is 37.6 Å². The van der Waals surface area contributed by atoms with E-state index in [-0.39, 0.29) is 5.91 Å². The number of nitrogens with one attached hydrogen (secondary N) is 1. The molecular weight excluding hydrogens is 244 g/mol. The van der Waals surface area contributed by atoms with Gasteiger partial charge in [0.25, 0.3) is 0 Å². The van der Waals surface area contributed by atoms with E-state index in [0.717, 1.165) is 12.2 Å². The number of rotatable bonds is 6. The lowest BCUT2D eigenvalue weighted by Gasteiger charge is -2.25. The average Bonchev–Trinajstić information content (AvgIpc) is 2.33. The fourth-order valence-electron chi connectivity index (χ4n) is 1.55. The lowest BCUT2D eigenvalue weighted by molar-refractivity contribution is -0.123. The van der Waals surface area contributed by atoms with Gasteiger partial charge >= 0.3 is 0 Å². The smallest absolute Gasteiger partial charge is 0.237 e. The van der Waals surface area contributed by atoms with Crippen molar-refractivity contribution < 1.29 is 4.79 Å². The Bertz CT molecular complexity index is 434. The van der Waals surface area contributed by atoms with Gasteiger partial charge in [-0.3, -0.25) is 4.79 Å². The van der Waals surface area contributed by atoms with Crippen molar-refractivity contribution in [1.29, 1.82) is 0 Å². The van der Waals surface area contributed by atoms with Crippen molar-refractivity contribution in [3.63, 3.8) is 0 Å². The summed E-state index contributed by atoms with van der Waals surface area (Å²) in [6.45, 7) is 6.06. The summed E-state index contributed by atoms with van der Waals surface area (Å²) < 4.78 is 0. The third-order valence-electron chi connectivity index (χ3n) is 3.44. The van der Waals surface area contributed by atoms with E-state index in [1.165, 1.54) is 16.0 Å². The Hall–Kier alpha value is -1.00. The molecule has 0 saturated carbocycles. The van der Waals surface area contributed by atoms with Crippen LogP contribution in [0.1, 0.15) is 24.5 Å². The predicted molar refractivity (Wildman–Crippen MR) is 77.9 cm³/mol. The minimum absolute atomic E-state index is 0.300. The molecule has 0 heterocycles. The minimum Gasteiger partial charge on any atom is -0.368 e. The molecule has 1 unspecified atom stereocenters. The number of likely N-dealkylation sites (N-methyl/N-ethyl adjacent to an activating group) is 1. The number of amides is 1. The Kier molecular flexibility index (Phi) is 5.23. The fraction of sp³-hybridized carbons (Fsp3) is 0.500. The Labute approximate surface area is 114 Å². The highest BCUT2D eigenvalue weighted by molar-refractivity contribution is 7.99. The molecular formula is C14H22N2OS. The first-order valence-electron chi connectivity index (χ1n) is 6.08. The summed E-state index contributed by atoms with van der Waals surface area (Å²) in [5, 5.41) is 3.00. The molecule has 0 fully saturated rings. The van der Waals surface area contributed by atoms with Crippen LogP contribution in [0, 0.1) is 13.8 Å². The van der Waals surface area contributed by atoms with Crippen LogP contribution >= 0.6 is 11.8 Å². The molecule has 1 atom stereocenters. The van der Waals surface area contributed by atoms with Crippen LogP contribution in [-0.2, 0) is 4.79 Å². The van der Waals surface area contributed by atoms with Gasteiger partial charge < -0.3 is 11.1 Å². The van der Waals surface area contributed by atoms with Gasteiger partial charge in [-0.1, -0.05) is 6.07 Å². The summed E-state index contributed by atoms with van der Waals surface area (Å²) in [7, 11) is 1.77. The molecule has 0 aliphatic carbocycles. The second-order valence-corrected chi connectivity index (χ2v) is 5.96. The van der Waals surface area contributed by atoms with Crippen LogP contribution in [0.4, 0.5) is 0 Å². The first-order chi connectivity index (χ1) is 8.39. The molecule has 0 radical (unpaired) electrons. The molecule has 0 aliphatic heterocycles. The van der Waals surface area contributed by atoms with Crippen LogP contribution in [0.5, 0.6) is 0 Å². The van der Waals surface area contributed by atoms with Gasteiger partial charge in [0.1, 0.15) is 0 Å². The van der Waals surface area contributed by atoms with E-state index in [9.17, 15) is 4.79 Å². The van der Waals surface area contributed by atoms with Gasteiger partial charge in [-0.15, -0.1) is 11.8 Å². The topological polar surface area (TPSA) is 55.1 Å². The summed E-state index contributed by atoms with van der Waals surface area (Å²) in [5.41, 5.74) is 7.38. The third-order valence-corrected chi connectivity index (χ3v) is 4.44. The first kappa shape index (κ1) is 15.1. The molecule has 18 heavy (non-hydrogen) atoms. The molecule has 1 amide bonds. The molecule has 0 aliphatic rings. The molecule has 3 N–H and O–H groups in total. The van der Waals surface area contributed by atoms with Crippen molar-refractivity contribution in [3.05, 3.63) is 29.3 Å². The Morgan fingerprint density at radius 2 is 2.06 bits per heavy atom. The number of benzene rings is 1. The number of aryl methyl sites for hydroxylation is 2. The van der Waals surface area contributed by atoms with Crippen LogP contribution in [0.15, 0.2) is 23.1 Å². The van der Waals surface area contributed by atoms with E-state index in [1.54, 1.807) is 18.8 Å². The summed E-state index contributed by atoms with van der Waals surface area (Å²) in [6, 6.07) is 6.43. The fourth-order valence-corrected chi connectivity index (χ4v) is 2.72.